The zero-order valence-electron chi connectivity index (χ0n) is 14.6. The third kappa shape index (κ3) is 5.40. The van der Waals surface area contributed by atoms with Gasteiger partial charge in [-0.2, -0.15) is 0 Å². The van der Waals surface area contributed by atoms with Gasteiger partial charge in [0, 0.05) is 32.3 Å². The molecule has 132 valence electrons. The minimum Gasteiger partial charge on any atom is -0.496 e. The average molecular weight is 444 g/mol. The highest BCUT2D eigenvalue weighted by atomic mass is 127. The van der Waals surface area contributed by atoms with Crippen LogP contribution in [0.4, 0.5) is 0 Å². The fourth-order valence-corrected chi connectivity index (χ4v) is 2.32. The molecule has 0 unspecified atom stereocenters. The fourth-order valence-electron chi connectivity index (χ4n) is 2.32. The first-order chi connectivity index (χ1) is 11.2. The number of guanidine groups is 1. The van der Waals surface area contributed by atoms with E-state index in [0.717, 1.165) is 35.1 Å². The van der Waals surface area contributed by atoms with Crippen molar-refractivity contribution in [3.05, 3.63) is 47.3 Å². The summed E-state index contributed by atoms with van der Waals surface area (Å²) in [5.74, 6) is 2.46. The predicted molar refractivity (Wildman–Crippen MR) is 106 cm³/mol. The van der Waals surface area contributed by atoms with Crippen LogP contribution in [0, 0.1) is 0 Å². The minimum atomic E-state index is 0. The fraction of sp³-hybridized carbons (Fsp3) is 0.412. The van der Waals surface area contributed by atoms with Gasteiger partial charge in [0.1, 0.15) is 5.75 Å². The highest BCUT2D eigenvalue weighted by molar-refractivity contribution is 14.0. The molecular weight excluding hydrogens is 419 g/mol. The summed E-state index contributed by atoms with van der Waals surface area (Å²) >= 11 is 0. The van der Waals surface area contributed by atoms with Crippen molar-refractivity contribution in [2.75, 3.05) is 21.2 Å². The molecule has 0 aliphatic rings. The summed E-state index contributed by atoms with van der Waals surface area (Å²) in [6.07, 6.45) is 0.867. The van der Waals surface area contributed by atoms with Crippen molar-refractivity contribution in [3.63, 3.8) is 0 Å². The lowest BCUT2D eigenvalue weighted by molar-refractivity contribution is 0.370. The first-order valence-corrected chi connectivity index (χ1v) is 7.66. The van der Waals surface area contributed by atoms with Gasteiger partial charge in [0.2, 0.25) is 0 Å². The molecule has 0 spiro atoms. The van der Waals surface area contributed by atoms with Gasteiger partial charge in [-0.25, -0.2) is 0 Å². The number of nitrogens with one attached hydrogen (secondary N) is 1. The molecule has 0 aliphatic carbocycles. The SMILES string of the molecule is CCc1cc(CNC(=NC)N(C)Cc2ccccc2OC)on1.I. The predicted octanol–water partition coefficient (Wildman–Crippen LogP) is 3.07. The average Bonchev–Trinajstić information content (AvgIpc) is 3.04. The third-order valence-electron chi connectivity index (χ3n) is 3.56. The van der Waals surface area contributed by atoms with Gasteiger partial charge in [0.15, 0.2) is 11.7 Å². The Bertz CT molecular complexity index is 658. The zero-order valence-corrected chi connectivity index (χ0v) is 16.9. The summed E-state index contributed by atoms with van der Waals surface area (Å²) in [6.45, 7) is 3.30. The van der Waals surface area contributed by atoms with E-state index in [2.05, 4.69) is 22.4 Å². The topological polar surface area (TPSA) is 62.9 Å². The molecule has 7 heteroatoms. The summed E-state index contributed by atoms with van der Waals surface area (Å²) in [5, 5.41) is 7.27. The number of aromatic nitrogens is 1. The van der Waals surface area contributed by atoms with E-state index >= 15 is 0 Å². The van der Waals surface area contributed by atoms with Crippen molar-refractivity contribution in [3.8, 4) is 5.75 Å². The lowest BCUT2D eigenvalue weighted by atomic mass is 10.2. The van der Waals surface area contributed by atoms with E-state index in [1.807, 2.05) is 42.3 Å². The lowest BCUT2D eigenvalue weighted by Crippen LogP contribution is -2.38. The monoisotopic (exact) mass is 444 g/mol. The van der Waals surface area contributed by atoms with Crippen LogP contribution in [-0.2, 0) is 19.5 Å². The smallest absolute Gasteiger partial charge is 0.194 e. The normalized spacial score (nSPS) is 10.9. The summed E-state index contributed by atoms with van der Waals surface area (Å²) in [4.78, 5) is 6.35. The number of hydrogen-bond acceptors (Lipinski definition) is 4. The Morgan fingerprint density at radius 1 is 1.38 bits per heavy atom. The number of halogens is 1. The van der Waals surface area contributed by atoms with E-state index in [1.165, 1.54) is 0 Å². The number of ether oxygens (including phenoxy) is 1. The van der Waals surface area contributed by atoms with Crippen LogP contribution in [0.2, 0.25) is 0 Å². The van der Waals surface area contributed by atoms with Gasteiger partial charge in [-0.3, -0.25) is 4.99 Å². The van der Waals surface area contributed by atoms with Crippen LogP contribution < -0.4 is 10.1 Å². The molecular formula is C17H25IN4O2. The maximum atomic E-state index is 5.39. The summed E-state index contributed by atoms with van der Waals surface area (Å²) in [7, 11) is 5.43. The van der Waals surface area contributed by atoms with Crippen LogP contribution in [0.5, 0.6) is 5.75 Å². The van der Waals surface area contributed by atoms with Crippen molar-refractivity contribution in [2.24, 2.45) is 4.99 Å². The number of aliphatic imine (C=N–C) groups is 1. The van der Waals surface area contributed by atoms with Crippen molar-refractivity contribution < 1.29 is 9.26 Å². The summed E-state index contributed by atoms with van der Waals surface area (Å²) in [5.41, 5.74) is 2.06. The standard InChI is InChI=1S/C17H24N4O2.HI/c1-5-14-10-15(23-20-14)11-19-17(18-2)21(3)12-13-8-6-7-9-16(13)22-4;/h6-10H,5,11-12H2,1-4H3,(H,18,19);1H. The maximum absolute atomic E-state index is 5.39. The van der Waals surface area contributed by atoms with E-state index in [4.69, 9.17) is 9.26 Å². The van der Waals surface area contributed by atoms with Gasteiger partial charge in [-0.05, 0) is 12.5 Å². The second kappa shape index (κ2) is 10.2. The molecule has 1 N–H and O–H groups in total. The van der Waals surface area contributed by atoms with Crippen molar-refractivity contribution in [1.82, 2.24) is 15.4 Å². The quantitative estimate of drug-likeness (QED) is 0.422. The molecule has 0 radical (unpaired) electrons. The Kier molecular flexibility index (Phi) is 8.59. The van der Waals surface area contributed by atoms with E-state index in [1.54, 1.807) is 14.2 Å². The highest BCUT2D eigenvalue weighted by Crippen LogP contribution is 2.18. The largest absolute Gasteiger partial charge is 0.496 e. The Labute approximate surface area is 160 Å². The highest BCUT2D eigenvalue weighted by Gasteiger charge is 2.11. The van der Waals surface area contributed by atoms with E-state index in [-0.39, 0.29) is 24.0 Å². The summed E-state index contributed by atoms with van der Waals surface area (Å²) in [6, 6.07) is 9.93. The summed E-state index contributed by atoms with van der Waals surface area (Å²) < 4.78 is 10.7. The third-order valence-corrected chi connectivity index (χ3v) is 3.56. The van der Waals surface area contributed by atoms with Crippen molar-refractivity contribution in [1.29, 1.82) is 0 Å². The molecule has 0 bridgehead atoms. The molecule has 0 saturated heterocycles. The number of aryl methyl sites for hydroxylation is 1. The van der Waals surface area contributed by atoms with Crippen LogP contribution in [0.25, 0.3) is 0 Å². The molecule has 1 aromatic carbocycles. The first-order valence-electron chi connectivity index (χ1n) is 7.66. The lowest BCUT2D eigenvalue weighted by Gasteiger charge is -2.22. The first kappa shape index (κ1) is 20.3. The molecule has 0 amide bonds. The van der Waals surface area contributed by atoms with Gasteiger partial charge < -0.3 is 19.5 Å². The number of methoxy groups -OCH3 is 1. The Hall–Kier alpha value is -1.77. The van der Waals surface area contributed by atoms with Gasteiger partial charge in [0.25, 0.3) is 0 Å². The van der Waals surface area contributed by atoms with Gasteiger partial charge in [-0.1, -0.05) is 30.3 Å². The molecule has 0 atom stereocenters. The van der Waals surface area contributed by atoms with Gasteiger partial charge in [0.05, 0.1) is 19.3 Å². The Morgan fingerprint density at radius 2 is 2.12 bits per heavy atom. The zero-order chi connectivity index (χ0) is 16.7. The molecule has 6 nitrogen and oxygen atoms in total. The van der Waals surface area contributed by atoms with Crippen LogP contribution >= 0.6 is 24.0 Å². The van der Waals surface area contributed by atoms with Crippen LogP contribution in [0.3, 0.4) is 0 Å². The number of benzene rings is 1. The van der Waals surface area contributed by atoms with Crippen LogP contribution in [-0.4, -0.2) is 37.2 Å². The van der Waals surface area contributed by atoms with Crippen molar-refractivity contribution in [2.45, 2.75) is 26.4 Å². The molecule has 1 heterocycles. The molecule has 0 fully saturated rings. The molecule has 2 rings (SSSR count). The molecule has 0 aliphatic heterocycles. The van der Waals surface area contributed by atoms with Crippen molar-refractivity contribution >= 4 is 29.9 Å². The number of rotatable bonds is 6. The molecule has 0 saturated carbocycles. The van der Waals surface area contributed by atoms with Gasteiger partial charge in [-0.15, -0.1) is 24.0 Å². The molecule has 2 aromatic rings. The van der Waals surface area contributed by atoms with Crippen LogP contribution in [0.1, 0.15) is 23.9 Å². The van der Waals surface area contributed by atoms with Crippen LogP contribution in [0.15, 0.2) is 39.8 Å². The Balaban J connectivity index is 0.00000288. The Morgan fingerprint density at radius 3 is 2.75 bits per heavy atom. The second-order valence-electron chi connectivity index (χ2n) is 5.21. The van der Waals surface area contributed by atoms with Gasteiger partial charge >= 0.3 is 0 Å². The van der Waals surface area contributed by atoms with E-state index in [0.29, 0.717) is 13.1 Å². The molecule has 1 aromatic heterocycles. The second-order valence-corrected chi connectivity index (χ2v) is 5.21. The number of nitrogens with zero attached hydrogens (tertiary/aromatic N) is 3. The van der Waals surface area contributed by atoms with E-state index in [9.17, 15) is 0 Å². The maximum Gasteiger partial charge on any atom is 0.194 e. The number of para-hydroxylation sites is 1. The minimum absolute atomic E-state index is 0. The molecule has 24 heavy (non-hydrogen) atoms. The van der Waals surface area contributed by atoms with E-state index < -0.39 is 0 Å². The number of hydrogen-bond donors (Lipinski definition) is 1.